The Balaban J connectivity index is 1.75. The van der Waals surface area contributed by atoms with E-state index < -0.39 is 23.7 Å². The van der Waals surface area contributed by atoms with Crippen LogP contribution < -0.4 is 9.64 Å². The number of carbonyl (C=O) groups is 3. The van der Waals surface area contributed by atoms with E-state index >= 15 is 0 Å². The van der Waals surface area contributed by atoms with E-state index in [1.54, 1.807) is 55.5 Å². The zero-order valence-corrected chi connectivity index (χ0v) is 22.5. The number of Topliss-reactive ketones (excluding diaryl/α,β-unsaturated/α-hetero) is 1. The predicted octanol–water partition coefficient (Wildman–Crippen LogP) is 6.37. The molecule has 39 heavy (non-hydrogen) atoms. The number of rotatable bonds is 10. The van der Waals surface area contributed by atoms with E-state index in [2.05, 4.69) is 6.92 Å². The molecule has 0 radical (unpaired) electrons. The van der Waals surface area contributed by atoms with Crippen LogP contribution in [0.3, 0.4) is 0 Å². The van der Waals surface area contributed by atoms with Crippen LogP contribution in [0.2, 0.25) is 0 Å². The summed E-state index contributed by atoms with van der Waals surface area (Å²) in [6, 6.07) is 19.8. The number of ether oxygens (including phenoxy) is 2. The number of aliphatic hydroxyl groups excluding tert-OH is 1. The van der Waals surface area contributed by atoms with Crippen LogP contribution in [-0.4, -0.2) is 36.0 Å². The SMILES string of the molecule is CCCCCOc1ccc(/C(O)=C2\C(=O)C(=O)N(c3ccc(C(=O)OCC)cc3)C2c2ccccc2C)cc1. The first-order valence-electron chi connectivity index (χ1n) is 13.2. The molecule has 1 amide bonds. The van der Waals surface area contributed by atoms with Gasteiger partial charge in [-0.05, 0) is 79.9 Å². The third-order valence-corrected chi connectivity index (χ3v) is 6.73. The maximum absolute atomic E-state index is 13.4. The number of amides is 1. The maximum Gasteiger partial charge on any atom is 0.338 e. The zero-order valence-electron chi connectivity index (χ0n) is 22.5. The van der Waals surface area contributed by atoms with E-state index in [0.29, 0.717) is 34.7 Å². The lowest BCUT2D eigenvalue weighted by atomic mass is 9.92. The summed E-state index contributed by atoms with van der Waals surface area (Å²) >= 11 is 0. The number of aryl methyl sites for hydroxylation is 1. The summed E-state index contributed by atoms with van der Waals surface area (Å²) in [6.45, 7) is 6.59. The third-order valence-electron chi connectivity index (χ3n) is 6.73. The highest BCUT2D eigenvalue weighted by Gasteiger charge is 2.47. The second kappa shape index (κ2) is 12.4. The number of hydrogen-bond donors (Lipinski definition) is 1. The van der Waals surface area contributed by atoms with Crippen LogP contribution in [0, 0.1) is 6.92 Å². The van der Waals surface area contributed by atoms with E-state index in [0.717, 1.165) is 24.8 Å². The van der Waals surface area contributed by atoms with Crippen LogP contribution in [-0.2, 0) is 14.3 Å². The molecule has 1 saturated heterocycles. The molecule has 1 aliphatic heterocycles. The van der Waals surface area contributed by atoms with Crippen molar-refractivity contribution in [2.75, 3.05) is 18.1 Å². The molecule has 1 fully saturated rings. The summed E-state index contributed by atoms with van der Waals surface area (Å²) in [5, 5.41) is 11.4. The van der Waals surface area contributed by atoms with Gasteiger partial charge < -0.3 is 14.6 Å². The van der Waals surface area contributed by atoms with Gasteiger partial charge in [-0.2, -0.15) is 0 Å². The fourth-order valence-corrected chi connectivity index (χ4v) is 4.67. The van der Waals surface area contributed by atoms with Crippen molar-refractivity contribution in [1.82, 2.24) is 0 Å². The number of aliphatic hydroxyl groups is 1. The molecule has 1 aliphatic rings. The van der Waals surface area contributed by atoms with Gasteiger partial charge in [0.1, 0.15) is 11.5 Å². The number of carbonyl (C=O) groups excluding carboxylic acids is 3. The molecule has 1 atom stereocenters. The first-order chi connectivity index (χ1) is 18.9. The van der Waals surface area contributed by atoms with Gasteiger partial charge in [0.2, 0.25) is 0 Å². The van der Waals surface area contributed by atoms with Crippen molar-refractivity contribution in [3.05, 3.63) is 101 Å². The van der Waals surface area contributed by atoms with Gasteiger partial charge in [0.25, 0.3) is 11.7 Å². The molecule has 0 bridgehead atoms. The number of anilines is 1. The van der Waals surface area contributed by atoms with Crippen molar-refractivity contribution >= 4 is 29.1 Å². The normalized spacial score (nSPS) is 16.4. The Bertz CT molecular complexity index is 1370. The fourth-order valence-electron chi connectivity index (χ4n) is 4.67. The lowest BCUT2D eigenvalue weighted by Crippen LogP contribution is -2.29. The Morgan fingerprint density at radius 2 is 1.56 bits per heavy atom. The van der Waals surface area contributed by atoms with Gasteiger partial charge in [-0.3, -0.25) is 14.5 Å². The van der Waals surface area contributed by atoms with Gasteiger partial charge in [0.15, 0.2) is 0 Å². The number of hydrogen-bond acceptors (Lipinski definition) is 6. The van der Waals surface area contributed by atoms with Crippen LogP contribution in [0.15, 0.2) is 78.4 Å². The first-order valence-corrected chi connectivity index (χ1v) is 13.2. The lowest BCUT2D eigenvalue weighted by Gasteiger charge is -2.26. The summed E-state index contributed by atoms with van der Waals surface area (Å²) in [5.74, 6) is -1.61. The Kier molecular flexibility index (Phi) is 8.81. The zero-order chi connectivity index (χ0) is 27.9. The molecule has 0 spiro atoms. The smallest absolute Gasteiger partial charge is 0.338 e. The van der Waals surface area contributed by atoms with Crippen LogP contribution >= 0.6 is 0 Å². The van der Waals surface area contributed by atoms with E-state index in [9.17, 15) is 19.5 Å². The molecular weight excluding hydrogens is 494 g/mol. The van der Waals surface area contributed by atoms with Crippen LogP contribution in [0.25, 0.3) is 5.76 Å². The molecule has 0 saturated carbocycles. The lowest BCUT2D eigenvalue weighted by molar-refractivity contribution is -0.132. The highest BCUT2D eigenvalue weighted by Crippen LogP contribution is 2.43. The fraction of sp³-hybridized carbons (Fsp3) is 0.281. The summed E-state index contributed by atoms with van der Waals surface area (Å²) in [5.41, 5.74) is 2.74. The monoisotopic (exact) mass is 527 g/mol. The molecule has 3 aromatic carbocycles. The van der Waals surface area contributed by atoms with Crippen molar-refractivity contribution in [1.29, 1.82) is 0 Å². The average Bonchev–Trinajstić information content (AvgIpc) is 3.21. The van der Waals surface area contributed by atoms with E-state index in [4.69, 9.17) is 9.47 Å². The van der Waals surface area contributed by atoms with Gasteiger partial charge in [-0.25, -0.2) is 4.79 Å². The molecule has 1 heterocycles. The minimum Gasteiger partial charge on any atom is -0.507 e. The van der Waals surface area contributed by atoms with E-state index in [-0.39, 0.29) is 17.9 Å². The largest absolute Gasteiger partial charge is 0.507 e. The molecule has 1 unspecified atom stereocenters. The van der Waals surface area contributed by atoms with Crippen molar-refractivity contribution in [2.45, 2.75) is 46.1 Å². The summed E-state index contributed by atoms with van der Waals surface area (Å²) in [7, 11) is 0. The molecule has 1 N–H and O–H groups in total. The molecule has 4 rings (SSSR count). The van der Waals surface area contributed by atoms with Crippen LogP contribution in [0.1, 0.15) is 66.2 Å². The van der Waals surface area contributed by atoms with Crippen LogP contribution in [0.5, 0.6) is 5.75 Å². The number of unbranched alkanes of at least 4 members (excludes halogenated alkanes) is 2. The Morgan fingerprint density at radius 3 is 2.21 bits per heavy atom. The molecule has 7 nitrogen and oxygen atoms in total. The highest BCUT2D eigenvalue weighted by atomic mass is 16.5. The molecule has 3 aromatic rings. The van der Waals surface area contributed by atoms with Gasteiger partial charge in [0.05, 0.1) is 30.4 Å². The minimum absolute atomic E-state index is 0.000355. The predicted molar refractivity (Wildman–Crippen MR) is 150 cm³/mol. The Labute approximate surface area is 228 Å². The minimum atomic E-state index is -0.857. The van der Waals surface area contributed by atoms with Gasteiger partial charge in [-0.15, -0.1) is 0 Å². The molecular formula is C32H33NO6. The Hall–Kier alpha value is -4.39. The summed E-state index contributed by atoms with van der Waals surface area (Å²) in [4.78, 5) is 40.3. The van der Waals surface area contributed by atoms with Gasteiger partial charge >= 0.3 is 5.97 Å². The highest BCUT2D eigenvalue weighted by molar-refractivity contribution is 6.51. The second-order valence-electron chi connectivity index (χ2n) is 9.37. The maximum atomic E-state index is 13.4. The quantitative estimate of drug-likeness (QED) is 0.108. The Morgan fingerprint density at radius 1 is 0.897 bits per heavy atom. The second-order valence-corrected chi connectivity index (χ2v) is 9.37. The number of esters is 1. The third kappa shape index (κ3) is 5.87. The summed E-state index contributed by atoms with van der Waals surface area (Å²) < 4.78 is 10.8. The number of ketones is 1. The van der Waals surface area contributed by atoms with Crippen molar-refractivity contribution in [3.63, 3.8) is 0 Å². The van der Waals surface area contributed by atoms with E-state index in [1.807, 2.05) is 31.2 Å². The molecule has 202 valence electrons. The topological polar surface area (TPSA) is 93.1 Å². The standard InChI is InChI=1S/C32H33NO6/c1-4-6-9-20-39-25-18-14-22(15-19-25)29(34)27-28(26-11-8-7-10-21(26)3)33(31(36)30(27)35)24-16-12-23(13-17-24)32(37)38-5-2/h7-8,10-19,28,34H,4-6,9,20H2,1-3H3/b29-27+. The van der Waals surface area contributed by atoms with Gasteiger partial charge in [-0.1, -0.05) is 44.0 Å². The van der Waals surface area contributed by atoms with E-state index in [1.165, 1.54) is 4.90 Å². The number of benzene rings is 3. The molecule has 7 heteroatoms. The van der Waals surface area contributed by atoms with Gasteiger partial charge in [0, 0.05) is 11.3 Å². The van der Waals surface area contributed by atoms with Crippen molar-refractivity contribution in [2.24, 2.45) is 0 Å². The number of nitrogens with zero attached hydrogens (tertiary/aromatic N) is 1. The first kappa shape index (κ1) is 27.6. The molecule has 0 aromatic heterocycles. The van der Waals surface area contributed by atoms with Crippen molar-refractivity contribution < 1.29 is 29.0 Å². The van der Waals surface area contributed by atoms with Crippen LogP contribution in [0.4, 0.5) is 5.69 Å². The van der Waals surface area contributed by atoms with Crippen molar-refractivity contribution in [3.8, 4) is 5.75 Å². The molecule has 0 aliphatic carbocycles. The summed E-state index contributed by atoms with van der Waals surface area (Å²) in [6.07, 6.45) is 3.15. The average molecular weight is 528 g/mol.